The number of hydrogen-bond donors (Lipinski definition) is 1. The Hall–Kier alpha value is -2.56. The SMILES string of the molecule is CC1(Cl)C=CC(C(=O)Oc2ccccc2)=C(NC(=O)c2ccc(Cl)cc2)C1. The van der Waals surface area contributed by atoms with Gasteiger partial charge in [0.25, 0.3) is 5.91 Å². The lowest BCUT2D eigenvalue weighted by Crippen LogP contribution is -2.32. The Labute approximate surface area is 167 Å². The van der Waals surface area contributed by atoms with Crippen molar-refractivity contribution in [2.45, 2.75) is 18.2 Å². The van der Waals surface area contributed by atoms with E-state index in [1.54, 1.807) is 67.6 Å². The molecule has 0 heterocycles. The number of carbonyl (C=O) groups excluding carboxylic acids is 2. The molecule has 6 heteroatoms. The molecule has 0 bridgehead atoms. The average molecular weight is 402 g/mol. The zero-order valence-electron chi connectivity index (χ0n) is 14.5. The summed E-state index contributed by atoms with van der Waals surface area (Å²) in [7, 11) is 0. The molecular formula is C21H17Cl2NO3. The number of rotatable bonds is 4. The number of carbonyl (C=O) groups is 2. The van der Waals surface area contributed by atoms with Gasteiger partial charge >= 0.3 is 5.97 Å². The Bertz CT molecular complexity index is 916. The van der Waals surface area contributed by atoms with Crippen LogP contribution in [0.3, 0.4) is 0 Å². The Balaban J connectivity index is 1.86. The number of benzene rings is 2. The van der Waals surface area contributed by atoms with Gasteiger partial charge in [-0.25, -0.2) is 4.79 Å². The zero-order chi connectivity index (χ0) is 19.4. The molecule has 1 aliphatic carbocycles. The molecule has 2 aromatic rings. The number of ether oxygens (including phenoxy) is 1. The van der Waals surface area contributed by atoms with Crippen LogP contribution in [-0.2, 0) is 4.79 Å². The maximum absolute atomic E-state index is 12.6. The molecule has 1 N–H and O–H groups in total. The quantitative estimate of drug-likeness (QED) is 0.450. The number of halogens is 2. The van der Waals surface area contributed by atoms with Crippen LogP contribution < -0.4 is 10.1 Å². The predicted octanol–water partition coefficient (Wildman–Crippen LogP) is 4.89. The molecule has 1 amide bonds. The third kappa shape index (κ3) is 5.00. The summed E-state index contributed by atoms with van der Waals surface area (Å²) in [4.78, 5) is 24.5. The largest absolute Gasteiger partial charge is 0.423 e. The molecule has 2 aromatic carbocycles. The van der Waals surface area contributed by atoms with E-state index in [1.807, 2.05) is 6.07 Å². The molecule has 1 unspecified atom stereocenters. The van der Waals surface area contributed by atoms with E-state index in [4.69, 9.17) is 27.9 Å². The minimum Gasteiger partial charge on any atom is -0.423 e. The third-order valence-electron chi connectivity index (χ3n) is 3.99. The maximum Gasteiger partial charge on any atom is 0.345 e. The van der Waals surface area contributed by atoms with Crippen molar-refractivity contribution in [1.82, 2.24) is 5.32 Å². The van der Waals surface area contributed by atoms with Gasteiger partial charge in [0.1, 0.15) is 5.75 Å². The lowest BCUT2D eigenvalue weighted by Gasteiger charge is -2.26. The van der Waals surface area contributed by atoms with Gasteiger partial charge < -0.3 is 10.1 Å². The molecule has 0 radical (unpaired) electrons. The number of allylic oxidation sites excluding steroid dienone is 2. The molecule has 0 fully saturated rings. The zero-order valence-corrected chi connectivity index (χ0v) is 16.1. The molecule has 27 heavy (non-hydrogen) atoms. The van der Waals surface area contributed by atoms with Gasteiger partial charge in [-0.05, 0) is 49.4 Å². The first-order valence-electron chi connectivity index (χ1n) is 8.29. The normalized spacial score (nSPS) is 18.9. The molecule has 0 aromatic heterocycles. The number of nitrogens with one attached hydrogen (secondary N) is 1. The molecule has 1 atom stereocenters. The van der Waals surface area contributed by atoms with E-state index in [1.165, 1.54) is 0 Å². The first-order valence-corrected chi connectivity index (χ1v) is 9.05. The topological polar surface area (TPSA) is 55.4 Å². The lowest BCUT2D eigenvalue weighted by atomic mass is 9.94. The molecule has 3 rings (SSSR count). The van der Waals surface area contributed by atoms with Crippen LogP contribution in [0.2, 0.25) is 5.02 Å². The van der Waals surface area contributed by atoms with Crippen molar-refractivity contribution >= 4 is 35.1 Å². The van der Waals surface area contributed by atoms with Gasteiger partial charge in [-0.15, -0.1) is 11.6 Å². The van der Waals surface area contributed by atoms with E-state index in [0.717, 1.165) is 0 Å². The third-order valence-corrected chi connectivity index (χ3v) is 4.50. The Kier molecular flexibility index (Phi) is 5.68. The Morgan fingerprint density at radius 1 is 1.07 bits per heavy atom. The second-order valence-corrected chi connectivity index (χ2v) is 7.64. The van der Waals surface area contributed by atoms with Gasteiger partial charge in [0.15, 0.2) is 0 Å². The van der Waals surface area contributed by atoms with Crippen molar-refractivity contribution in [3.05, 3.63) is 88.6 Å². The molecule has 0 saturated heterocycles. The summed E-state index contributed by atoms with van der Waals surface area (Å²) in [5.41, 5.74) is 1.10. The first kappa shape index (κ1) is 19.2. The molecular weight excluding hydrogens is 385 g/mol. The fourth-order valence-electron chi connectivity index (χ4n) is 2.62. The van der Waals surface area contributed by atoms with E-state index >= 15 is 0 Å². The van der Waals surface area contributed by atoms with Crippen molar-refractivity contribution in [2.24, 2.45) is 0 Å². The molecule has 0 aliphatic heterocycles. The number of hydrogen-bond acceptors (Lipinski definition) is 3. The van der Waals surface area contributed by atoms with Crippen LogP contribution in [0.5, 0.6) is 5.75 Å². The van der Waals surface area contributed by atoms with Crippen LogP contribution in [0, 0.1) is 0 Å². The van der Waals surface area contributed by atoms with E-state index in [9.17, 15) is 9.59 Å². The number of esters is 1. The minimum atomic E-state index is -0.709. The maximum atomic E-state index is 12.6. The predicted molar refractivity (Wildman–Crippen MR) is 106 cm³/mol. The standard InChI is InChI=1S/C21H17Cl2NO3/c1-21(23)12-11-17(20(26)27-16-5-3-2-4-6-16)18(13-21)24-19(25)14-7-9-15(22)10-8-14/h2-12H,13H2,1H3,(H,24,25). The van der Waals surface area contributed by atoms with Gasteiger partial charge in [0, 0.05) is 22.7 Å². The minimum absolute atomic E-state index is 0.263. The molecule has 4 nitrogen and oxygen atoms in total. The van der Waals surface area contributed by atoms with Crippen LogP contribution in [0.15, 0.2) is 78.0 Å². The number of para-hydroxylation sites is 1. The summed E-state index contributed by atoms with van der Waals surface area (Å²) in [6.45, 7) is 1.80. The van der Waals surface area contributed by atoms with E-state index in [2.05, 4.69) is 5.32 Å². The second kappa shape index (κ2) is 7.99. The molecule has 0 saturated carbocycles. The van der Waals surface area contributed by atoms with Crippen molar-refractivity contribution in [2.75, 3.05) is 0 Å². The Morgan fingerprint density at radius 2 is 1.74 bits per heavy atom. The van der Waals surface area contributed by atoms with Gasteiger partial charge in [-0.3, -0.25) is 4.79 Å². The van der Waals surface area contributed by atoms with E-state index in [0.29, 0.717) is 22.0 Å². The van der Waals surface area contributed by atoms with E-state index in [-0.39, 0.29) is 17.9 Å². The van der Waals surface area contributed by atoms with Crippen molar-refractivity contribution in [3.8, 4) is 5.75 Å². The van der Waals surface area contributed by atoms with Crippen LogP contribution in [0.25, 0.3) is 0 Å². The molecule has 0 spiro atoms. The monoisotopic (exact) mass is 401 g/mol. The highest BCUT2D eigenvalue weighted by molar-refractivity contribution is 6.30. The summed E-state index contributed by atoms with van der Waals surface area (Å²) in [6.07, 6.45) is 3.58. The fourth-order valence-corrected chi connectivity index (χ4v) is 2.94. The van der Waals surface area contributed by atoms with Gasteiger partial charge in [0.05, 0.1) is 10.4 Å². The Morgan fingerprint density at radius 3 is 2.41 bits per heavy atom. The van der Waals surface area contributed by atoms with Crippen molar-refractivity contribution in [3.63, 3.8) is 0 Å². The summed E-state index contributed by atoms with van der Waals surface area (Å²) in [5, 5.41) is 3.32. The van der Waals surface area contributed by atoms with Crippen LogP contribution in [0.1, 0.15) is 23.7 Å². The van der Waals surface area contributed by atoms with E-state index < -0.39 is 10.8 Å². The summed E-state index contributed by atoms with van der Waals surface area (Å²) >= 11 is 12.3. The van der Waals surface area contributed by atoms with Crippen molar-refractivity contribution in [1.29, 1.82) is 0 Å². The second-order valence-electron chi connectivity index (χ2n) is 6.34. The van der Waals surface area contributed by atoms with Crippen molar-refractivity contribution < 1.29 is 14.3 Å². The average Bonchev–Trinajstić information content (AvgIpc) is 2.62. The summed E-state index contributed by atoms with van der Waals surface area (Å²) in [5.74, 6) is -0.489. The van der Waals surface area contributed by atoms with Crippen LogP contribution in [0.4, 0.5) is 0 Å². The molecule has 138 valence electrons. The van der Waals surface area contributed by atoms with Gasteiger partial charge in [-0.2, -0.15) is 0 Å². The first-order chi connectivity index (χ1) is 12.8. The highest BCUT2D eigenvalue weighted by Crippen LogP contribution is 2.32. The van der Waals surface area contributed by atoms with Gasteiger partial charge in [-0.1, -0.05) is 35.9 Å². The highest BCUT2D eigenvalue weighted by atomic mass is 35.5. The van der Waals surface area contributed by atoms with Gasteiger partial charge in [0.2, 0.25) is 0 Å². The fraction of sp³-hybridized carbons (Fsp3) is 0.143. The van der Waals surface area contributed by atoms with Crippen LogP contribution in [-0.4, -0.2) is 16.8 Å². The summed E-state index contributed by atoms with van der Waals surface area (Å²) < 4.78 is 5.40. The summed E-state index contributed by atoms with van der Waals surface area (Å²) in [6, 6.07) is 15.2. The number of amides is 1. The molecule has 1 aliphatic rings. The smallest absolute Gasteiger partial charge is 0.345 e. The van der Waals surface area contributed by atoms with Crippen LogP contribution >= 0.6 is 23.2 Å². The lowest BCUT2D eigenvalue weighted by molar-refractivity contribution is -0.129. The number of alkyl halides is 1. The highest BCUT2D eigenvalue weighted by Gasteiger charge is 2.29.